The third-order valence-corrected chi connectivity index (χ3v) is 3.46. The standard InChI is InChI=1S/C17H17N3O/c1-21-16-10-6-5-7-13(16)11-14-12-19-20(17(14)18)15-8-3-2-4-9-15/h2-10,12H,11,18H2,1H3. The van der Waals surface area contributed by atoms with Crippen molar-refractivity contribution in [1.29, 1.82) is 0 Å². The van der Waals surface area contributed by atoms with Gasteiger partial charge in [-0.3, -0.25) is 0 Å². The number of nitrogens with zero attached hydrogens (tertiary/aromatic N) is 2. The highest BCUT2D eigenvalue weighted by molar-refractivity contribution is 5.50. The Kier molecular flexibility index (Phi) is 3.60. The zero-order valence-electron chi connectivity index (χ0n) is 11.9. The summed E-state index contributed by atoms with van der Waals surface area (Å²) >= 11 is 0. The molecule has 4 heteroatoms. The van der Waals surface area contributed by atoms with Crippen LogP contribution in [0.3, 0.4) is 0 Å². The summed E-state index contributed by atoms with van der Waals surface area (Å²) in [5.74, 6) is 1.52. The topological polar surface area (TPSA) is 53.1 Å². The van der Waals surface area contributed by atoms with E-state index in [0.29, 0.717) is 12.2 Å². The molecule has 2 N–H and O–H groups in total. The monoisotopic (exact) mass is 279 g/mol. The van der Waals surface area contributed by atoms with E-state index in [9.17, 15) is 0 Å². The summed E-state index contributed by atoms with van der Waals surface area (Å²) in [5.41, 5.74) is 9.28. The van der Waals surface area contributed by atoms with Crippen molar-refractivity contribution >= 4 is 5.82 Å². The number of methoxy groups -OCH3 is 1. The highest BCUT2D eigenvalue weighted by atomic mass is 16.5. The molecule has 3 rings (SSSR count). The van der Waals surface area contributed by atoms with Crippen LogP contribution in [-0.4, -0.2) is 16.9 Å². The molecule has 0 spiro atoms. The van der Waals surface area contributed by atoms with Crippen molar-refractivity contribution in [3.05, 3.63) is 71.9 Å². The number of hydrogen-bond acceptors (Lipinski definition) is 3. The van der Waals surface area contributed by atoms with Crippen molar-refractivity contribution in [2.24, 2.45) is 0 Å². The number of hydrogen-bond donors (Lipinski definition) is 1. The first-order valence-corrected chi connectivity index (χ1v) is 6.79. The number of ether oxygens (including phenoxy) is 1. The largest absolute Gasteiger partial charge is 0.496 e. The molecule has 3 aromatic rings. The molecule has 1 aromatic heterocycles. The van der Waals surface area contributed by atoms with Gasteiger partial charge < -0.3 is 10.5 Å². The fourth-order valence-corrected chi connectivity index (χ4v) is 2.36. The first-order valence-electron chi connectivity index (χ1n) is 6.79. The lowest BCUT2D eigenvalue weighted by molar-refractivity contribution is 0.410. The Hall–Kier alpha value is -2.75. The second kappa shape index (κ2) is 5.71. The first-order chi connectivity index (χ1) is 10.3. The summed E-state index contributed by atoms with van der Waals surface area (Å²) in [7, 11) is 1.68. The van der Waals surface area contributed by atoms with Crippen LogP contribution in [0.2, 0.25) is 0 Å². The molecule has 0 unspecified atom stereocenters. The van der Waals surface area contributed by atoms with Crippen molar-refractivity contribution in [3.8, 4) is 11.4 Å². The van der Waals surface area contributed by atoms with Crippen LogP contribution in [0.4, 0.5) is 5.82 Å². The Morgan fingerprint density at radius 3 is 2.48 bits per heavy atom. The maximum Gasteiger partial charge on any atom is 0.130 e. The summed E-state index contributed by atoms with van der Waals surface area (Å²) in [6.45, 7) is 0. The number of para-hydroxylation sites is 2. The Balaban J connectivity index is 1.93. The number of rotatable bonds is 4. The summed E-state index contributed by atoms with van der Waals surface area (Å²) in [6.07, 6.45) is 2.51. The van der Waals surface area contributed by atoms with Gasteiger partial charge in [-0.1, -0.05) is 36.4 Å². The molecule has 2 aromatic carbocycles. The van der Waals surface area contributed by atoms with E-state index in [1.807, 2.05) is 60.8 Å². The van der Waals surface area contributed by atoms with Crippen molar-refractivity contribution in [3.63, 3.8) is 0 Å². The molecular weight excluding hydrogens is 262 g/mol. The van der Waals surface area contributed by atoms with Gasteiger partial charge in [0.25, 0.3) is 0 Å². The molecule has 0 aliphatic carbocycles. The molecular formula is C17H17N3O. The summed E-state index contributed by atoms with van der Waals surface area (Å²) in [6, 6.07) is 17.8. The van der Waals surface area contributed by atoms with Crippen LogP contribution in [0.5, 0.6) is 5.75 Å². The molecule has 21 heavy (non-hydrogen) atoms. The van der Waals surface area contributed by atoms with E-state index in [-0.39, 0.29) is 0 Å². The lowest BCUT2D eigenvalue weighted by Crippen LogP contribution is -2.03. The fraction of sp³-hybridized carbons (Fsp3) is 0.118. The van der Waals surface area contributed by atoms with Crippen molar-refractivity contribution in [1.82, 2.24) is 9.78 Å². The maximum absolute atomic E-state index is 6.23. The number of nitrogens with two attached hydrogens (primary N) is 1. The molecule has 4 nitrogen and oxygen atoms in total. The van der Waals surface area contributed by atoms with E-state index in [4.69, 9.17) is 10.5 Å². The van der Waals surface area contributed by atoms with Crippen molar-refractivity contribution < 1.29 is 4.74 Å². The molecule has 0 saturated heterocycles. The number of aromatic nitrogens is 2. The molecule has 0 amide bonds. The van der Waals surface area contributed by atoms with E-state index in [1.54, 1.807) is 11.8 Å². The van der Waals surface area contributed by atoms with E-state index < -0.39 is 0 Å². The first kappa shape index (κ1) is 13.2. The van der Waals surface area contributed by atoms with Gasteiger partial charge in [-0.25, -0.2) is 4.68 Å². The summed E-state index contributed by atoms with van der Waals surface area (Å²) in [4.78, 5) is 0. The Labute approximate surface area is 123 Å². The van der Waals surface area contributed by atoms with Gasteiger partial charge in [0.15, 0.2) is 0 Å². The van der Waals surface area contributed by atoms with Gasteiger partial charge in [-0.2, -0.15) is 5.10 Å². The van der Waals surface area contributed by atoms with Gasteiger partial charge in [0.05, 0.1) is 19.0 Å². The quantitative estimate of drug-likeness (QED) is 0.798. The lowest BCUT2D eigenvalue weighted by Gasteiger charge is -2.08. The molecule has 0 bridgehead atoms. The van der Waals surface area contributed by atoms with E-state index in [1.165, 1.54) is 0 Å². The predicted molar refractivity (Wildman–Crippen MR) is 83.8 cm³/mol. The van der Waals surface area contributed by atoms with Gasteiger partial charge in [0, 0.05) is 12.0 Å². The molecule has 106 valence electrons. The fourth-order valence-electron chi connectivity index (χ4n) is 2.36. The van der Waals surface area contributed by atoms with Gasteiger partial charge in [0.2, 0.25) is 0 Å². The van der Waals surface area contributed by atoms with Crippen LogP contribution in [0.1, 0.15) is 11.1 Å². The molecule has 0 fully saturated rings. The van der Waals surface area contributed by atoms with Crippen LogP contribution >= 0.6 is 0 Å². The van der Waals surface area contributed by atoms with Gasteiger partial charge >= 0.3 is 0 Å². The second-order valence-electron chi connectivity index (χ2n) is 4.79. The number of benzene rings is 2. The molecule has 0 radical (unpaired) electrons. The minimum atomic E-state index is 0.659. The molecule has 0 saturated carbocycles. The van der Waals surface area contributed by atoms with E-state index >= 15 is 0 Å². The van der Waals surface area contributed by atoms with Gasteiger partial charge in [-0.15, -0.1) is 0 Å². The zero-order chi connectivity index (χ0) is 14.7. The van der Waals surface area contributed by atoms with Crippen LogP contribution in [-0.2, 0) is 6.42 Å². The lowest BCUT2D eigenvalue weighted by atomic mass is 10.1. The molecule has 0 atom stereocenters. The van der Waals surface area contributed by atoms with Crippen LogP contribution in [0.15, 0.2) is 60.8 Å². The van der Waals surface area contributed by atoms with Crippen LogP contribution < -0.4 is 10.5 Å². The van der Waals surface area contributed by atoms with Crippen molar-refractivity contribution in [2.75, 3.05) is 12.8 Å². The van der Waals surface area contributed by atoms with Gasteiger partial charge in [0.1, 0.15) is 11.6 Å². The average Bonchev–Trinajstić information content (AvgIpc) is 2.90. The second-order valence-corrected chi connectivity index (χ2v) is 4.79. The summed E-state index contributed by atoms with van der Waals surface area (Å²) < 4.78 is 7.14. The number of anilines is 1. The Morgan fingerprint density at radius 2 is 1.71 bits per heavy atom. The molecule has 0 aliphatic rings. The minimum Gasteiger partial charge on any atom is -0.496 e. The SMILES string of the molecule is COc1ccccc1Cc1cnn(-c2ccccc2)c1N. The van der Waals surface area contributed by atoms with E-state index in [0.717, 1.165) is 22.6 Å². The third-order valence-electron chi connectivity index (χ3n) is 3.46. The van der Waals surface area contributed by atoms with Crippen LogP contribution in [0.25, 0.3) is 5.69 Å². The third kappa shape index (κ3) is 2.60. The molecule has 1 heterocycles. The highest BCUT2D eigenvalue weighted by Crippen LogP contribution is 2.24. The zero-order valence-corrected chi connectivity index (χ0v) is 11.9. The van der Waals surface area contributed by atoms with Gasteiger partial charge in [-0.05, 0) is 23.8 Å². The molecule has 0 aliphatic heterocycles. The predicted octanol–water partition coefficient (Wildman–Crippen LogP) is 3.05. The smallest absolute Gasteiger partial charge is 0.130 e. The number of nitrogen functional groups attached to an aromatic ring is 1. The van der Waals surface area contributed by atoms with E-state index in [2.05, 4.69) is 5.10 Å². The van der Waals surface area contributed by atoms with Crippen molar-refractivity contribution in [2.45, 2.75) is 6.42 Å². The normalized spacial score (nSPS) is 10.5. The summed E-state index contributed by atoms with van der Waals surface area (Å²) in [5, 5.41) is 4.39. The minimum absolute atomic E-state index is 0.659. The Morgan fingerprint density at radius 1 is 1.00 bits per heavy atom. The van der Waals surface area contributed by atoms with Crippen LogP contribution in [0, 0.1) is 0 Å². The average molecular weight is 279 g/mol. The maximum atomic E-state index is 6.23. The Bertz CT molecular complexity index is 735. The highest BCUT2D eigenvalue weighted by Gasteiger charge is 2.11.